The van der Waals surface area contributed by atoms with E-state index in [-0.39, 0.29) is 10.8 Å². The molecule has 1 N–H and O–H groups in total. The Morgan fingerprint density at radius 3 is 1.96 bits per heavy atom. The van der Waals surface area contributed by atoms with Gasteiger partial charge in [0.25, 0.3) is 0 Å². The number of aromatic hydroxyl groups is 1. The molecule has 0 amide bonds. The minimum atomic E-state index is -2.16. The molecule has 2 aliphatic carbocycles. The number of pyridine rings is 1. The number of fused-ring (bicyclic) bond motifs is 1. The Kier molecular flexibility index (Phi) is 11.1. The predicted octanol–water partition coefficient (Wildman–Crippen LogP) is 17.5. The van der Waals surface area contributed by atoms with Gasteiger partial charge in [0.2, 0.25) is 0 Å². The molecular formula is C63H67N3O. The average molecular weight is 885 g/mol. The summed E-state index contributed by atoms with van der Waals surface area (Å²) in [4.78, 5) is 10.7. The van der Waals surface area contributed by atoms with Crippen LogP contribution < -0.4 is 0 Å². The molecule has 2 saturated carbocycles. The Morgan fingerprint density at radius 2 is 1.25 bits per heavy atom. The lowest BCUT2D eigenvalue weighted by molar-refractivity contribution is 0.411. The molecule has 6 aromatic carbocycles. The van der Waals surface area contributed by atoms with Crippen LogP contribution in [0.4, 0.5) is 0 Å². The van der Waals surface area contributed by atoms with Crippen LogP contribution in [0, 0.1) is 6.85 Å². The minimum Gasteiger partial charge on any atom is -0.507 e. The van der Waals surface area contributed by atoms with Gasteiger partial charge in [0.1, 0.15) is 11.6 Å². The van der Waals surface area contributed by atoms with Crippen molar-refractivity contribution in [3.63, 3.8) is 0 Å². The first-order valence-electron chi connectivity index (χ1n) is 26.3. The van der Waals surface area contributed by atoms with Gasteiger partial charge in [0.05, 0.1) is 28.0 Å². The van der Waals surface area contributed by atoms with Crippen LogP contribution in [-0.2, 0) is 10.8 Å². The summed E-state index contributed by atoms with van der Waals surface area (Å²) in [5.41, 5.74) is 16.6. The second-order valence-electron chi connectivity index (χ2n) is 21.5. The van der Waals surface area contributed by atoms with Crippen molar-refractivity contribution in [3.8, 4) is 67.5 Å². The fourth-order valence-corrected chi connectivity index (χ4v) is 10.8. The largest absolute Gasteiger partial charge is 0.507 e. The number of rotatable bonds is 8. The van der Waals surface area contributed by atoms with Crippen LogP contribution in [0.2, 0.25) is 0 Å². The predicted molar refractivity (Wildman–Crippen MR) is 281 cm³/mol. The highest BCUT2D eigenvalue weighted by atomic mass is 16.3. The summed E-state index contributed by atoms with van der Waals surface area (Å²) >= 11 is 0. The summed E-state index contributed by atoms with van der Waals surface area (Å²) in [5, 5.41) is 12.9. The molecule has 2 heterocycles. The third-order valence-corrected chi connectivity index (χ3v) is 14.8. The maximum Gasteiger partial charge on any atom is 0.149 e. The fourth-order valence-electron chi connectivity index (χ4n) is 10.8. The van der Waals surface area contributed by atoms with Crippen molar-refractivity contribution in [1.82, 2.24) is 14.5 Å². The molecular weight excluding hydrogens is 815 g/mol. The van der Waals surface area contributed by atoms with Crippen molar-refractivity contribution >= 4 is 11.0 Å². The molecule has 10 rings (SSSR count). The van der Waals surface area contributed by atoms with Gasteiger partial charge in [-0.05, 0) is 148 Å². The van der Waals surface area contributed by atoms with E-state index in [9.17, 15) is 5.11 Å². The van der Waals surface area contributed by atoms with Crippen molar-refractivity contribution in [2.75, 3.05) is 0 Å². The number of aryl methyl sites for hydroxylation is 1. The maximum atomic E-state index is 12.9. The van der Waals surface area contributed by atoms with Crippen LogP contribution in [0.3, 0.4) is 0 Å². The Morgan fingerprint density at radius 1 is 0.552 bits per heavy atom. The van der Waals surface area contributed by atoms with E-state index < -0.39 is 6.85 Å². The van der Waals surface area contributed by atoms with Gasteiger partial charge in [-0.15, -0.1) is 0 Å². The summed E-state index contributed by atoms with van der Waals surface area (Å²) < 4.78 is 26.0. The summed E-state index contributed by atoms with van der Waals surface area (Å²) in [6.45, 7) is 11.4. The molecule has 8 aromatic rings. The first-order valence-corrected chi connectivity index (χ1v) is 24.8. The van der Waals surface area contributed by atoms with E-state index in [0.717, 1.165) is 91.2 Å². The van der Waals surface area contributed by atoms with Crippen LogP contribution in [0.15, 0.2) is 140 Å². The lowest BCUT2D eigenvalue weighted by Gasteiger charge is -2.28. The molecule has 2 aliphatic rings. The standard InChI is InChI=1S/C63H67N3O/c1-41-26-28-43(29-27-41)46-32-33-64-56(39-46)49-34-48(35-51(36-49)63(5,6)7)52-24-17-25-58-59(52)65-61(66(58)57-31-30-50(62(2,3)4)40-53(57)44-20-13-9-14-21-44)55-38-47(42-18-11-8-12-19-42)37-54(60(55)67)45-22-15-10-16-23-45/h9,13-14,17,20-21,24-40,42,45,67H,8,10-12,15-16,18-19,22-23H2,1-7H3/i1D3. The monoisotopic (exact) mass is 885 g/mol. The van der Waals surface area contributed by atoms with Crippen molar-refractivity contribution < 1.29 is 9.22 Å². The summed E-state index contributed by atoms with van der Waals surface area (Å²) in [6, 6.07) is 46.9. The Bertz CT molecular complexity index is 3180. The smallest absolute Gasteiger partial charge is 0.149 e. The molecule has 0 aliphatic heterocycles. The minimum absolute atomic E-state index is 0.0783. The second-order valence-corrected chi connectivity index (χ2v) is 21.5. The first kappa shape index (κ1) is 41.0. The molecule has 4 nitrogen and oxygen atoms in total. The molecule has 0 spiro atoms. The number of hydrogen-bond acceptors (Lipinski definition) is 3. The number of benzene rings is 6. The number of phenolic OH excluding ortho intramolecular Hbond substituents is 1. The molecule has 0 bridgehead atoms. The number of hydrogen-bond donors (Lipinski definition) is 1. The van der Waals surface area contributed by atoms with Gasteiger partial charge in [0.15, 0.2) is 0 Å². The van der Waals surface area contributed by atoms with Crippen molar-refractivity contribution in [1.29, 1.82) is 0 Å². The van der Waals surface area contributed by atoms with E-state index in [1.807, 2.05) is 24.4 Å². The first-order chi connectivity index (χ1) is 33.5. The maximum absolute atomic E-state index is 12.9. The van der Waals surface area contributed by atoms with Gasteiger partial charge in [0, 0.05) is 27.0 Å². The molecule has 2 aromatic heterocycles. The van der Waals surface area contributed by atoms with Crippen LogP contribution in [0.25, 0.3) is 72.7 Å². The Hall–Kier alpha value is -6.26. The van der Waals surface area contributed by atoms with Crippen molar-refractivity contribution in [3.05, 3.63) is 167 Å². The molecule has 0 atom stereocenters. The lowest BCUT2D eigenvalue weighted by atomic mass is 9.78. The SMILES string of the molecule is [2H]C([2H])([2H])c1ccc(-c2ccnc(-c3cc(-c4cccc5c4nc(-c4cc(C6CCCCC6)cc(C6CCCCC6)c4O)n5-c4ccc(C(C)(C)C)cc4-c4ccccc4)cc(C(C)(C)C)c3)c2)cc1. The van der Waals surface area contributed by atoms with Crippen LogP contribution in [0.1, 0.15) is 150 Å². The highest BCUT2D eigenvalue weighted by molar-refractivity contribution is 5.98. The molecule has 4 heteroatoms. The molecule has 340 valence electrons. The zero-order valence-corrected chi connectivity index (χ0v) is 40.3. The molecule has 2 fully saturated rings. The van der Waals surface area contributed by atoms with Crippen molar-refractivity contribution in [2.24, 2.45) is 0 Å². The van der Waals surface area contributed by atoms with Gasteiger partial charge in [-0.3, -0.25) is 9.55 Å². The van der Waals surface area contributed by atoms with Crippen LogP contribution in [-0.4, -0.2) is 19.6 Å². The van der Waals surface area contributed by atoms with Crippen LogP contribution >= 0.6 is 0 Å². The molecule has 0 saturated heterocycles. The van der Waals surface area contributed by atoms with Gasteiger partial charge in [-0.2, -0.15) is 0 Å². The van der Waals surface area contributed by atoms with E-state index in [1.54, 1.807) is 12.1 Å². The van der Waals surface area contributed by atoms with E-state index >= 15 is 0 Å². The van der Waals surface area contributed by atoms with Gasteiger partial charge in [-0.25, -0.2) is 4.98 Å². The molecule has 67 heavy (non-hydrogen) atoms. The number of para-hydroxylation sites is 1. The third-order valence-electron chi connectivity index (χ3n) is 14.8. The van der Waals surface area contributed by atoms with Crippen LogP contribution in [0.5, 0.6) is 5.75 Å². The van der Waals surface area contributed by atoms with Crippen molar-refractivity contribution in [2.45, 2.75) is 135 Å². The normalized spacial score (nSPS) is 16.2. The number of imidazole rings is 1. The number of aromatic nitrogens is 3. The Labute approximate surface area is 403 Å². The fraction of sp³-hybridized carbons (Fsp3) is 0.333. The summed E-state index contributed by atoms with van der Waals surface area (Å²) in [7, 11) is 0. The van der Waals surface area contributed by atoms with E-state index in [1.165, 1.54) is 68.1 Å². The van der Waals surface area contributed by atoms with Gasteiger partial charge >= 0.3 is 0 Å². The zero-order valence-electron chi connectivity index (χ0n) is 43.3. The third kappa shape index (κ3) is 9.00. The van der Waals surface area contributed by atoms with Gasteiger partial charge in [-0.1, -0.05) is 171 Å². The second kappa shape index (κ2) is 18.1. The highest BCUT2D eigenvalue weighted by Gasteiger charge is 2.30. The topological polar surface area (TPSA) is 50.9 Å². The molecule has 0 radical (unpaired) electrons. The number of phenols is 1. The highest BCUT2D eigenvalue weighted by Crippen LogP contribution is 2.48. The zero-order chi connectivity index (χ0) is 49.0. The summed E-state index contributed by atoms with van der Waals surface area (Å²) in [6.07, 6.45) is 13.7. The lowest BCUT2D eigenvalue weighted by Crippen LogP contribution is -2.12. The molecule has 0 unspecified atom stereocenters. The Balaban J connectivity index is 1.23. The summed E-state index contributed by atoms with van der Waals surface area (Å²) in [5.74, 6) is 1.89. The van der Waals surface area contributed by atoms with Gasteiger partial charge < -0.3 is 5.11 Å². The van der Waals surface area contributed by atoms with E-state index in [0.29, 0.717) is 23.1 Å². The van der Waals surface area contributed by atoms with E-state index in [4.69, 9.17) is 14.1 Å². The number of nitrogens with zero attached hydrogens (tertiary/aromatic N) is 3. The average Bonchev–Trinajstić information content (AvgIpc) is 3.75. The quantitative estimate of drug-likeness (QED) is 0.165. The van der Waals surface area contributed by atoms with E-state index in [2.05, 4.69) is 149 Å².